The quantitative estimate of drug-likeness (QED) is 0.697. The van der Waals surface area contributed by atoms with Crippen molar-refractivity contribution in [1.82, 2.24) is 9.80 Å². The summed E-state index contributed by atoms with van der Waals surface area (Å²) in [6, 6.07) is 12.9. The number of piperazine rings is 1. The van der Waals surface area contributed by atoms with Crippen LogP contribution in [0, 0.1) is 13.8 Å². The molecule has 0 spiro atoms. The van der Waals surface area contributed by atoms with E-state index in [1.54, 1.807) is 6.07 Å². The second kappa shape index (κ2) is 8.00. The Bertz CT molecular complexity index is 867. The summed E-state index contributed by atoms with van der Waals surface area (Å²) in [5.41, 5.74) is 3.35. The Balaban J connectivity index is 1.26. The average Bonchev–Trinajstić information content (AvgIpc) is 3.24. The molecule has 0 aliphatic carbocycles. The molecule has 2 aromatic carbocycles. The Morgan fingerprint density at radius 2 is 1.72 bits per heavy atom. The van der Waals surface area contributed by atoms with E-state index in [9.17, 15) is 13.2 Å². The van der Waals surface area contributed by atoms with Crippen LogP contribution in [0.15, 0.2) is 42.5 Å². The number of aryl methyl sites for hydroxylation is 2. The number of alkyl halides is 3. The van der Waals surface area contributed by atoms with Crippen molar-refractivity contribution in [2.75, 3.05) is 26.2 Å². The van der Waals surface area contributed by atoms with Crippen LogP contribution in [0.25, 0.3) is 0 Å². The van der Waals surface area contributed by atoms with Crippen molar-refractivity contribution >= 4 is 0 Å². The predicted molar refractivity (Wildman–Crippen MR) is 107 cm³/mol. The smallest absolute Gasteiger partial charge is 0.416 e. The van der Waals surface area contributed by atoms with Gasteiger partial charge in [0.2, 0.25) is 0 Å². The number of nitrogens with zero attached hydrogens (tertiary/aromatic N) is 2. The van der Waals surface area contributed by atoms with Gasteiger partial charge >= 0.3 is 6.18 Å². The maximum absolute atomic E-state index is 12.8. The molecule has 4 rings (SSSR count). The van der Waals surface area contributed by atoms with Gasteiger partial charge in [0.05, 0.1) is 5.56 Å². The van der Waals surface area contributed by atoms with Crippen molar-refractivity contribution in [2.24, 2.45) is 0 Å². The van der Waals surface area contributed by atoms with Crippen molar-refractivity contribution in [3.05, 3.63) is 64.7 Å². The molecule has 2 fully saturated rings. The van der Waals surface area contributed by atoms with Crippen molar-refractivity contribution < 1.29 is 17.9 Å². The highest BCUT2D eigenvalue weighted by Gasteiger charge is 2.42. The molecule has 0 amide bonds. The minimum atomic E-state index is -4.34. The molecule has 2 heterocycles. The fourth-order valence-electron chi connectivity index (χ4n) is 4.48. The van der Waals surface area contributed by atoms with Gasteiger partial charge in [-0.3, -0.25) is 9.80 Å². The molecule has 0 radical (unpaired) electrons. The number of likely N-dealkylation sites (tertiary alicyclic amines) is 2. The normalized spacial score (nSPS) is 22.4. The van der Waals surface area contributed by atoms with E-state index >= 15 is 0 Å². The number of hydrogen-bond acceptors (Lipinski definition) is 3. The zero-order chi connectivity index (χ0) is 20.6. The van der Waals surface area contributed by atoms with Crippen LogP contribution in [-0.4, -0.2) is 48.1 Å². The van der Waals surface area contributed by atoms with Crippen LogP contribution >= 0.6 is 0 Å². The van der Waals surface area contributed by atoms with Crippen molar-refractivity contribution in [3.63, 3.8) is 0 Å². The number of rotatable bonds is 6. The van der Waals surface area contributed by atoms with Crippen molar-refractivity contribution in [2.45, 2.75) is 45.1 Å². The molecule has 0 aromatic heterocycles. The lowest BCUT2D eigenvalue weighted by Crippen LogP contribution is -2.47. The lowest BCUT2D eigenvalue weighted by atomic mass is 10.1. The summed E-state index contributed by atoms with van der Waals surface area (Å²) < 4.78 is 44.0. The largest absolute Gasteiger partial charge is 0.492 e. The third-order valence-electron chi connectivity index (χ3n) is 6.23. The second-order valence-electron chi connectivity index (χ2n) is 8.26. The van der Waals surface area contributed by atoms with Crippen LogP contribution in [0.1, 0.15) is 28.7 Å². The molecule has 3 nitrogen and oxygen atoms in total. The van der Waals surface area contributed by atoms with Gasteiger partial charge in [0.25, 0.3) is 0 Å². The van der Waals surface area contributed by atoms with Gasteiger partial charge in [0.1, 0.15) is 12.4 Å². The van der Waals surface area contributed by atoms with Crippen LogP contribution in [-0.2, 0) is 12.7 Å². The monoisotopic (exact) mass is 404 g/mol. The Morgan fingerprint density at radius 1 is 0.966 bits per heavy atom. The Labute approximate surface area is 170 Å². The molecular formula is C23H27F3N2O. The molecule has 6 heteroatoms. The van der Waals surface area contributed by atoms with E-state index in [-0.39, 0.29) is 5.75 Å². The summed E-state index contributed by atoms with van der Waals surface area (Å²) in [5.74, 6) is 0.278. The molecule has 156 valence electrons. The zero-order valence-electron chi connectivity index (χ0n) is 16.9. The summed E-state index contributed by atoms with van der Waals surface area (Å²) >= 11 is 0. The molecule has 2 saturated heterocycles. The average molecular weight is 404 g/mol. The standard InChI is InChI=1S/C23H27F3N2O/c1-16-6-7-18(10-17(16)2)13-28-15-20-12-21(28)14-27(20)8-9-29-22-5-3-4-19(11-22)23(24,25)26/h3-7,10-11,20-21H,8-9,12-15H2,1-2H3/t20?,21-/m0/s1. The van der Waals surface area contributed by atoms with Gasteiger partial charge in [-0.2, -0.15) is 13.2 Å². The van der Waals surface area contributed by atoms with E-state index in [1.165, 1.54) is 22.8 Å². The number of fused-ring (bicyclic) bond motifs is 2. The summed E-state index contributed by atoms with van der Waals surface area (Å²) in [6.45, 7) is 8.47. The summed E-state index contributed by atoms with van der Waals surface area (Å²) in [4.78, 5) is 4.97. The van der Waals surface area contributed by atoms with Gasteiger partial charge in [-0.1, -0.05) is 24.3 Å². The topological polar surface area (TPSA) is 15.7 Å². The van der Waals surface area contributed by atoms with E-state index in [0.717, 1.165) is 44.7 Å². The first-order chi connectivity index (χ1) is 13.8. The minimum absolute atomic E-state index is 0.278. The minimum Gasteiger partial charge on any atom is -0.492 e. The Morgan fingerprint density at radius 3 is 2.41 bits per heavy atom. The third kappa shape index (κ3) is 4.59. The second-order valence-corrected chi connectivity index (χ2v) is 8.26. The lowest BCUT2D eigenvalue weighted by Gasteiger charge is -2.34. The molecular weight excluding hydrogens is 377 g/mol. The molecule has 0 N–H and O–H groups in total. The van der Waals surface area contributed by atoms with E-state index < -0.39 is 11.7 Å². The first-order valence-electron chi connectivity index (χ1n) is 10.1. The fourth-order valence-corrected chi connectivity index (χ4v) is 4.48. The zero-order valence-corrected chi connectivity index (χ0v) is 16.9. The van der Waals surface area contributed by atoms with Crippen molar-refractivity contribution in [3.8, 4) is 5.75 Å². The summed E-state index contributed by atoms with van der Waals surface area (Å²) in [6.07, 6.45) is -3.18. The summed E-state index contributed by atoms with van der Waals surface area (Å²) in [7, 11) is 0. The molecule has 2 aliphatic rings. The maximum Gasteiger partial charge on any atom is 0.416 e. The molecule has 0 saturated carbocycles. The van der Waals surface area contributed by atoms with Crippen molar-refractivity contribution in [1.29, 1.82) is 0 Å². The number of ether oxygens (including phenoxy) is 1. The highest BCUT2D eigenvalue weighted by atomic mass is 19.4. The SMILES string of the molecule is Cc1ccc(CN2CC3C[C@H]2CN3CCOc2cccc(C(F)(F)F)c2)cc1C. The fraction of sp³-hybridized carbons (Fsp3) is 0.478. The van der Waals surface area contributed by atoms with E-state index in [0.29, 0.717) is 18.7 Å². The highest BCUT2D eigenvalue weighted by Crippen LogP contribution is 2.33. The number of hydrogen-bond donors (Lipinski definition) is 0. The van der Waals surface area contributed by atoms with Crippen LogP contribution in [0.2, 0.25) is 0 Å². The van der Waals surface area contributed by atoms with Gasteiger partial charge in [-0.05, 0) is 55.2 Å². The third-order valence-corrected chi connectivity index (χ3v) is 6.23. The van der Waals surface area contributed by atoms with Gasteiger partial charge in [-0.25, -0.2) is 0 Å². The van der Waals surface area contributed by atoms with Gasteiger partial charge in [0, 0.05) is 38.3 Å². The van der Waals surface area contributed by atoms with Crippen LogP contribution in [0.4, 0.5) is 13.2 Å². The number of benzene rings is 2. The van der Waals surface area contributed by atoms with Crippen LogP contribution in [0.5, 0.6) is 5.75 Å². The summed E-state index contributed by atoms with van der Waals surface area (Å²) in [5, 5.41) is 0. The van der Waals surface area contributed by atoms with E-state index in [1.807, 2.05) is 0 Å². The first-order valence-corrected chi connectivity index (χ1v) is 10.1. The molecule has 2 bridgehead atoms. The highest BCUT2D eigenvalue weighted by molar-refractivity contribution is 5.31. The maximum atomic E-state index is 12.8. The van der Waals surface area contributed by atoms with Crippen LogP contribution < -0.4 is 4.74 Å². The van der Waals surface area contributed by atoms with E-state index in [2.05, 4.69) is 41.8 Å². The van der Waals surface area contributed by atoms with Gasteiger partial charge in [0.15, 0.2) is 0 Å². The number of halogens is 3. The molecule has 2 atom stereocenters. The Hall–Kier alpha value is -2.05. The molecule has 2 aromatic rings. The van der Waals surface area contributed by atoms with E-state index in [4.69, 9.17) is 4.74 Å². The molecule has 1 unspecified atom stereocenters. The molecule has 2 aliphatic heterocycles. The van der Waals surface area contributed by atoms with Gasteiger partial charge < -0.3 is 4.74 Å². The van der Waals surface area contributed by atoms with Gasteiger partial charge in [-0.15, -0.1) is 0 Å². The first kappa shape index (κ1) is 20.2. The molecule has 29 heavy (non-hydrogen) atoms. The predicted octanol–water partition coefficient (Wildman–Crippen LogP) is 4.66. The van der Waals surface area contributed by atoms with Crippen LogP contribution in [0.3, 0.4) is 0 Å². The lowest BCUT2D eigenvalue weighted by molar-refractivity contribution is -0.137. The Kier molecular flexibility index (Phi) is 5.58.